The molecule has 1 N–H and O–H groups in total. The van der Waals surface area contributed by atoms with Gasteiger partial charge in [0.05, 0.1) is 4.91 Å². The van der Waals surface area contributed by atoms with Gasteiger partial charge in [-0.25, -0.2) is 10.4 Å². The van der Waals surface area contributed by atoms with Crippen LogP contribution in [0.1, 0.15) is 25.0 Å². The Morgan fingerprint density at radius 1 is 1.32 bits per heavy atom. The molecule has 19 heavy (non-hydrogen) atoms. The summed E-state index contributed by atoms with van der Waals surface area (Å²) in [6.45, 7) is 4.73. The van der Waals surface area contributed by atoms with Gasteiger partial charge in [-0.15, -0.1) is 0 Å². The second-order valence-electron chi connectivity index (χ2n) is 4.12. The molecule has 3 nitrogen and oxygen atoms in total. The summed E-state index contributed by atoms with van der Waals surface area (Å²) in [5.41, 5.74) is 5.27. The topological polar surface area (TPSA) is 32.3 Å². The highest BCUT2D eigenvalue weighted by molar-refractivity contribution is 8.26. The molecule has 5 heteroatoms. The van der Waals surface area contributed by atoms with Gasteiger partial charge in [-0.3, -0.25) is 4.79 Å². The Bertz CT molecular complexity index is 523. The van der Waals surface area contributed by atoms with Crippen molar-refractivity contribution in [3.05, 3.63) is 40.3 Å². The molecule has 0 spiro atoms. The van der Waals surface area contributed by atoms with Gasteiger partial charge < -0.3 is 0 Å². The van der Waals surface area contributed by atoms with Crippen LogP contribution in [0, 0.1) is 0 Å². The van der Waals surface area contributed by atoms with Gasteiger partial charge in [0.1, 0.15) is 0 Å². The molecule has 1 saturated heterocycles. The Morgan fingerprint density at radius 2 is 2.00 bits per heavy atom. The Morgan fingerprint density at radius 3 is 2.58 bits per heavy atom. The summed E-state index contributed by atoms with van der Waals surface area (Å²) in [6.07, 6.45) is 2.90. The third-order valence-electron chi connectivity index (χ3n) is 2.80. The van der Waals surface area contributed by atoms with Crippen molar-refractivity contribution in [2.24, 2.45) is 0 Å². The van der Waals surface area contributed by atoms with Crippen LogP contribution < -0.4 is 5.43 Å². The second-order valence-corrected chi connectivity index (χ2v) is 5.80. The molecule has 1 aromatic carbocycles. The molecule has 1 aliphatic rings. The number of nitrogens with one attached hydrogen (secondary N) is 1. The number of carbonyl (C=O) groups excluding carboxylic acids is 1. The molecule has 2 rings (SSSR count). The largest absolute Gasteiger partial charge is 0.280 e. The summed E-state index contributed by atoms with van der Waals surface area (Å²) >= 11 is 6.51. The van der Waals surface area contributed by atoms with Crippen molar-refractivity contribution < 1.29 is 4.79 Å². The summed E-state index contributed by atoms with van der Waals surface area (Å²) in [5.74, 6) is -0.0728. The zero-order valence-electron chi connectivity index (χ0n) is 11.0. The number of nitrogens with zero attached hydrogens (tertiary/aromatic N) is 1. The van der Waals surface area contributed by atoms with Gasteiger partial charge in [0.2, 0.25) is 0 Å². The third kappa shape index (κ3) is 3.23. The van der Waals surface area contributed by atoms with E-state index in [0.717, 1.165) is 12.0 Å². The summed E-state index contributed by atoms with van der Waals surface area (Å²) in [6, 6.07) is 8.21. The van der Waals surface area contributed by atoms with Crippen LogP contribution in [0.3, 0.4) is 0 Å². The first kappa shape index (κ1) is 14.2. The number of hydrogen-bond donors (Lipinski definition) is 1. The molecule has 1 fully saturated rings. The van der Waals surface area contributed by atoms with Crippen LogP contribution in [-0.2, 0) is 11.2 Å². The molecular formula is C14H16N2OS2. The fourth-order valence-electron chi connectivity index (χ4n) is 1.76. The number of thiocarbonyl (C=S) groups is 1. The monoisotopic (exact) mass is 292 g/mol. The first-order valence-corrected chi connectivity index (χ1v) is 7.48. The average Bonchev–Trinajstić information content (AvgIpc) is 2.68. The van der Waals surface area contributed by atoms with Gasteiger partial charge >= 0.3 is 0 Å². The molecule has 0 atom stereocenters. The number of rotatable bonds is 4. The highest BCUT2D eigenvalue weighted by Crippen LogP contribution is 2.31. The molecule has 0 bridgehead atoms. The van der Waals surface area contributed by atoms with Gasteiger partial charge in [-0.1, -0.05) is 62.1 Å². The zero-order valence-corrected chi connectivity index (χ0v) is 12.6. The summed E-state index contributed by atoms with van der Waals surface area (Å²) in [5, 5.41) is 1.44. The molecule has 0 radical (unpaired) electrons. The highest BCUT2D eigenvalue weighted by atomic mass is 32.2. The van der Waals surface area contributed by atoms with Gasteiger partial charge in [0, 0.05) is 6.54 Å². The van der Waals surface area contributed by atoms with Crippen LogP contribution in [-0.4, -0.2) is 21.8 Å². The maximum Gasteiger partial charge on any atom is 0.280 e. The van der Waals surface area contributed by atoms with Crippen molar-refractivity contribution in [2.75, 3.05) is 6.54 Å². The van der Waals surface area contributed by atoms with Crippen LogP contribution in [0.2, 0.25) is 0 Å². The predicted octanol–water partition coefficient (Wildman–Crippen LogP) is 2.97. The lowest BCUT2D eigenvalue weighted by atomic mass is 10.1. The molecule has 0 saturated carbocycles. The Kier molecular flexibility index (Phi) is 4.74. The van der Waals surface area contributed by atoms with E-state index in [1.165, 1.54) is 22.3 Å². The SMILES string of the molecule is CCNN1C(=O)/C(=C\c2ccc(CC)cc2)SC1=S. The maximum absolute atomic E-state index is 12.1. The fraction of sp³-hybridized carbons (Fsp3) is 0.286. The number of hydrogen-bond acceptors (Lipinski definition) is 4. The predicted molar refractivity (Wildman–Crippen MR) is 84.5 cm³/mol. The second kappa shape index (κ2) is 6.32. The van der Waals surface area contributed by atoms with E-state index < -0.39 is 0 Å². The van der Waals surface area contributed by atoms with Gasteiger partial charge in [-0.05, 0) is 23.6 Å². The average molecular weight is 292 g/mol. The molecule has 1 heterocycles. The maximum atomic E-state index is 12.1. The standard InChI is InChI=1S/C14H16N2OS2/c1-3-10-5-7-11(8-6-10)9-12-13(17)16(15-4-2)14(18)19-12/h5-9,15H,3-4H2,1-2H3/b12-9+. The normalized spacial score (nSPS) is 17.6. The lowest BCUT2D eigenvalue weighted by Gasteiger charge is -2.13. The molecular weight excluding hydrogens is 276 g/mol. The number of carbonyl (C=O) groups is 1. The van der Waals surface area contributed by atoms with E-state index in [1.54, 1.807) is 0 Å². The van der Waals surface area contributed by atoms with E-state index in [1.807, 2.05) is 25.1 Å². The zero-order chi connectivity index (χ0) is 13.8. The molecule has 1 aliphatic heterocycles. The number of amides is 1. The van der Waals surface area contributed by atoms with E-state index in [0.29, 0.717) is 15.8 Å². The Hall–Kier alpha value is -1.17. The number of aryl methyl sites for hydroxylation is 1. The van der Waals surface area contributed by atoms with Gasteiger partial charge in [0.15, 0.2) is 4.32 Å². The minimum Gasteiger partial charge on any atom is -0.267 e. The van der Waals surface area contributed by atoms with Crippen molar-refractivity contribution >= 4 is 40.3 Å². The summed E-state index contributed by atoms with van der Waals surface area (Å²) in [7, 11) is 0. The van der Waals surface area contributed by atoms with Crippen LogP contribution in [0.4, 0.5) is 0 Å². The van der Waals surface area contributed by atoms with E-state index >= 15 is 0 Å². The minimum atomic E-state index is -0.0728. The smallest absolute Gasteiger partial charge is 0.267 e. The summed E-state index contributed by atoms with van der Waals surface area (Å²) < 4.78 is 0.559. The van der Waals surface area contributed by atoms with Crippen LogP contribution in [0.25, 0.3) is 6.08 Å². The first-order chi connectivity index (χ1) is 9.15. The van der Waals surface area contributed by atoms with E-state index in [9.17, 15) is 4.79 Å². The molecule has 0 aromatic heterocycles. The van der Waals surface area contributed by atoms with Crippen LogP contribution >= 0.6 is 24.0 Å². The Balaban J connectivity index is 2.19. The van der Waals surface area contributed by atoms with E-state index in [4.69, 9.17) is 12.2 Å². The van der Waals surface area contributed by atoms with Crippen molar-refractivity contribution in [2.45, 2.75) is 20.3 Å². The van der Waals surface area contributed by atoms with Crippen LogP contribution in [0.5, 0.6) is 0 Å². The van der Waals surface area contributed by atoms with Gasteiger partial charge in [-0.2, -0.15) is 0 Å². The van der Waals surface area contributed by atoms with E-state index in [-0.39, 0.29) is 5.91 Å². The highest BCUT2D eigenvalue weighted by Gasteiger charge is 2.31. The molecule has 100 valence electrons. The van der Waals surface area contributed by atoms with Crippen LogP contribution in [0.15, 0.2) is 29.2 Å². The number of thioether (sulfide) groups is 1. The molecule has 0 aliphatic carbocycles. The fourth-order valence-corrected chi connectivity index (χ4v) is 2.98. The molecule has 1 aromatic rings. The minimum absolute atomic E-state index is 0.0728. The third-order valence-corrected chi connectivity index (χ3v) is 4.10. The van der Waals surface area contributed by atoms with E-state index in [2.05, 4.69) is 24.5 Å². The quantitative estimate of drug-likeness (QED) is 0.683. The number of hydrazine groups is 1. The van der Waals surface area contributed by atoms with Crippen molar-refractivity contribution in [1.82, 2.24) is 10.4 Å². The van der Waals surface area contributed by atoms with Gasteiger partial charge in [0.25, 0.3) is 5.91 Å². The lowest BCUT2D eigenvalue weighted by Crippen LogP contribution is -2.40. The summed E-state index contributed by atoms with van der Waals surface area (Å²) in [4.78, 5) is 12.8. The van der Waals surface area contributed by atoms with Crippen molar-refractivity contribution in [3.8, 4) is 0 Å². The molecule has 1 amide bonds. The first-order valence-electron chi connectivity index (χ1n) is 6.26. The molecule has 0 unspecified atom stereocenters. The van der Waals surface area contributed by atoms with Crippen molar-refractivity contribution in [1.29, 1.82) is 0 Å². The van der Waals surface area contributed by atoms with Crippen molar-refractivity contribution in [3.63, 3.8) is 0 Å². The lowest BCUT2D eigenvalue weighted by molar-refractivity contribution is -0.124. The Labute approximate surface area is 123 Å². The number of benzene rings is 1.